The fraction of sp³-hybridized carbons (Fsp3) is 0.818. The van der Waals surface area contributed by atoms with Crippen LogP contribution < -0.4 is 0 Å². The van der Waals surface area contributed by atoms with Crippen LogP contribution in [0.4, 0.5) is 4.79 Å². The monoisotopic (exact) mass is 244 g/mol. The zero-order chi connectivity index (χ0) is 13.0. The van der Waals surface area contributed by atoms with Crippen LogP contribution in [0.25, 0.3) is 0 Å². The fourth-order valence-electron chi connectivity index (χ4n) is 1.66. The number of nitrogens with zero attached hydrogens (tertiary/aromatic N) is 2. The number of aliphatic carboxylic acids is 1. The molecule has 98 valence electrons. The van der Waals surface area contributed by atoms with Crippen LogP contribution in [0.1, 0.15) is 20.3 Å². The number of carbonyl (C=O) groups excluding carboxylic acids is 1. The first kappa shape index (κ1) is 13.8. The molecule has 6 nitrogen and oxygen atoms in total. The molecule has 1 aliphatic rings. The van der Waals surface area contributed by atoms with Crippen LogP contribution in [0.3, 0.4) is 0 Å². The van der Waals surface area contributed by atoms with Crippen molar-refractivity contribution in [2.75, 3.05) is 26.7 Å². The third-order valence-corrected chi connectivity index (χ3v) is 2.89. The Bertz CT molecular complexity index is 293. The van der Waals surface area contributed by atoms with Crippen LogP contribution in [0.15, 0.2) is 0 Å². The van der Waals surface area contributed by atoms with Crippen molar-refractivity contribution < 1.29 is 19.4 Å². The number of morpholine rings is 1. The maximum absolute atomic E-state index is 12.0. The van der Waals surface area contributed by atoms with Gasteiger partial charge in [-0.2, -0.15) is 0 Å². The number of urea groups is 1. The number of amides is 2. The van der Waals surface area contributed by atoms with E-state index in [-0.39, 0.29) is 18.5 Å². The van der Waals surface area contributed by atoms with Crippen molar-refractivity contribution in [2.45, 2.75) is 32.4 Å². The molecule has 1 unspecified atom stereocenters. The smallest absolute Gasteiger partial charge is 0.320 e. The molecule has 2 amide bonds. The highest BCUT2D eigenvalue weighted by atomic mass is 16.5. The van der Waals surface area contributed by atoms with Gasteiger partial charge in [0.25, 0.3) is 0 Å². The molecular weight excluding hydrogens is 224 g/mol. The molecule has 0 bridgehead atoms. The topological polar surface area (TPSA) is 70.1 Å². The van der Waals surface area contributed by atoms with E-state index in [1.807, 2.05) is 13.8 Å². The van der Waals surface area contributed by atoms with Crippen molar-refractivity contribution in [1.82, 2.24) is 9.80 Å². The van der Waals surface area contributed by atoms with E-state index < -0.39 is 12.1 Å². The molecule has 1 rings (SSSR count). The minimum absolute atomic E-state index is 0.0603. The molecule has 1 saturated heterocycles. The predicted octanol–water partition coefficient (Wildman–Crippen LogP) is 0.622. The largest absolute Gasteiger partial charge is 0.481 e. The number of carboxylic acid groups (broad SMARTS) is 1. The quantitative estimate of drug-likeness (QED) is 0.790. The summed E-state index contributed by atoms with van der Waals surface area (Å²) < 4.78 is 5.32. The van der Waals surface area contributed by atoms with Gasteiger partial charge in [-0.1, -0.05) is 0 Å². The molecule has 0 aromatic rings. The standard InChI is InChI=1S/C11H20N2O4/c1-8(2)12(3)11(16)13-4-5-17-9(7-13)6-10(14)15/h8-9H,4-7H2,1-3H3,(H,14,15). The summed E-state index contributed by atoms with van der Waals surface area (Å²) in [6.07, 6.45) is -0.458. The summed E-state index contributed by atoms with van der Waals surface area (Å²) in [5.41, 5.74) is 0. The Hall–Kier alpha value is -1.30. The van der Waals surface area contributed by atoms with Crippen LogP contribution in [0, 0.1) is 0 Å². The summed E-state index contributed by atoms with van der Waals surface area (Å²) in [4.78, 5) is 25.9. The molecular formula is C11H20N2O4. The number of ether oxygens (including phenoxy) is 1. The summed E-state index contributed by atoms with van der Waals surface area (Å²) in [6.45, 7) is 5.14. The lowest BCUT2D eigenvalue weighted by Gasteiger charge is -2.36. The number of rotatable bonds is 3. The summed E-state index contributed by atoms with van der Waals surface area (Å²) in [5.74, 6) is -0.901. The molecule has 0 radical (unpaired) electrons. The molecule has 6 heteroatoms. The van der Waals surface area contributed by atoms with Crippen LogP contribution in [-0.2, 0) is 9.53 Å². The molecule has 0 saturated carbocycles. The maximum atomic E-state index is 12.0. The zero-order valence-corrected chi connectivity index (χ0v) is 10.5. The van der Waals surface area contributed by atoms with E-state index in [0.717, 1.165) is 0 Å². The van der Waals surface area contributed by atoms with Gasteiger partial charge < -0.3 is 19.6 Å². The van der Waals surface area contributed by atoms with Crippen LogP contribution in [-0.4, -0.2) is 65.8 Å². The van der Waals surface area contributed by atoms with Gasteiger partial charge in [0.05, 0.1) is 19.1 Å². The van der Waals surface area contributed by atoms with E-state index >= 15 is 0 Å². The average Bonchev–Trinajstić information content (AvgIpc) is 2.26. The molecule has 1 aliphatic heterocycles. The first-order valence-electron chi connectivity index (χ1n) is 5.77. The third-order valence-electron chi connectivity index (χ3n) is 2.89. The lowest BCUT2D eigenvalue weighted by molar-refractivity contribution is -0.141. The van der Waals surface area contributed by atoms with Crippen molar-refractivity contribution in [1.29, 1.82) is 0 Å². The van der Waals surface area contributed by atoms with E-state index in [2.05, 4.69) is 0 Å². The van der Waals surface area contributed by atoms with Crippen molar-refractivity contribution in [2.24, 2.45) is 0 Å². The van der Waals surface area contributed by atoms with E-state index in [0.29, 0.717) is 19.7 Å². The van der Waals surface area contributed by atoms with E-state index in [1.54, 1.807) is 16.8 Å². The predicted molar refractivity (Wildman–Crippen MR) is 61.9 cm³/mol. The zero-order valence-electron chi connectivity index (χ0n) is 10.5. The Kier molecular flexibility index (Phi) is 4.74. The Balaban J connectivity index is 2.54. The van der Waals surface area contributed by atoms with Crippen LogP contribution >= 0.6 is 0 Å². The first-order chi connectivity index (χ1) is 7.91. The van der Waals surface area contributed by atoms with Gasteiger partial charge >= 0.3 is 12.0 Å². The Morgan fingerprint density at radius 1 is 1.53 bits per heavy atom. The van der Waals surface area contributed by atoms with Gasteiger partial charge in [0.1, 0.15) is 0 Å². The molecule has 1 fully saturated rings. The van der Waals surface area contributed by atoms with Gasteiger partial charge in [-0.05, 0) is 13.8 Å². The second-order valence-electron chi connectivity index (χ2n) is 4.52. The molecule has 1 atom stereocenters. The van der Waals surface area contributed by atoms with Crippen molar-refractivity contribution in [3.8, 4) is 0 Å². The summed E-state index contributed by atoms with van der Waals surface area (Å²) in [7, 11) is 1.74. The Morgan fingerprint density at radius 3 is 2.71 bits per heavy atom. The average molecular weight is 244 g/mol. The van der Waals surface area contributed by atoms with E-state index in [1.165, 1.54) is 0 Å². The van der Waals surface area contributed by atoms with E-state index in [4.69, 9.17) is 9.84 Å². The van der Waals surface area contributed by atoms with Crippen molar-refractivity contribution >= 4 is 12.0 Å². The minimum Gasteiger partial charge on any atom is -0.481 e. The summed E-state index contributed by atoms with van der Waals surface area (Å²) >= 11 is 0. The van der Waals surface area contributed by atoms with Crippen LogP contribution in [0.2, 0.25) is 0 Å². The summed E-state index contributed by atoms with van der Waals surface area (Å²) in [5, 5.41) is 8.69. The number of carbonyl (C=O) groups is 2. The van der Waals surface area contributed by atoms with Gasteiger partial charge in [0, 0.05) is 26.2 Å². The molecule has 0 aromatic carbocycles. The van der Waals surface area contributed by atoms with Crippen molar-refractivity contribution in [3.05, 3.63) is 0 Å². The highest BCUT2D eigenvalue weighted by molar-refractivity contribution is 5.74. The normalized spacial score (nSPS) is 20.5. The Morgan fingerprint density at radius 2 is 2.18 bits per heavy atom. The number of hydrogen-bond donors (Lipinski definition) is 1. The highest BCUT2D eigenvalue weighted by Gasteiger charge is 2.28. The maximum Gasteiger partial charge on any atom is 0.320 e. The fourth-order valence-corrected chi connectivity index (χ4v) is 1.66. The molecule has 1 heterocycles. The van der Waals surface area contributed by atoms with Crippen molar-refractivity contribution in [3.63, 3.8) is 0 Å². The lowest BCUT2D eigenvalue weighted by atomic mass is 10.2. The number of hydrogen-bond acceptors (Lipinski definition) is 3. The van der Waals surface area contributed by atoms with E-state index in [9.17, 15) is 9.59 Å². The molecule has 1 N–H and O–H groups in total. The van der Waals surface area contributed by atoms with Gasteiger partial charge in [-0.3, -0.25) is 4.79 Å². The number of carboxylic acids is 1. The van der Waals surface area contributed by atoms with Crippen LogP contribution in [0.5, 0.6) is 0 Å². The lowest BCUT2D eigenvalue weighted by Crippen LogP contribution is -2.51. The van der Waals surface area contributed by atoms with Gasteiger partial charge in [0.2, 0.25) is 0 Å². The second-order valence-corrected chi connectivity index (χ2v) is 4.52. The Labute approximate surface area is 101 Å². The highest BCUT2D eigenvalue weighted by Crippen LogP contribution is 2.11. The van der Waals surface area contributed by atoms with Gasteiger partial charge in [-0.25, -0.2) is 4.79 Å². The molecule has 0 spiro atoms. The SMILES string of the molecule is CC(C)N(C)C(=O)N1CCOC(CC(=O)O)C1. The second kappa shape index (κ2) is 5.86. The van der Waals surface area contributed by atoms with Gasteiger partial charge in [-0.15, -0.1) is 0 Å². The molecule has 0 aromatic heterocycles. The first-order valence-corrected chi connectivity index (χ1v) is 5.77. The van der Waals surface area contributed by atoms with Gasteiger partial charge in [0.15, 0.2) is 0 Å². The summed E-state index contributed by atoms with van der Waals surface area (Å²) in [6, 6.07) is 0.0574. The molecule has 0 aliphatic carbocycles. The minimum atomic E-state index is -0.901. The molecule has 17 heavy (non-hydrogen) atoms. The third kappa shape index (κ3) is 3.89.